The van der Waals surface area contributed by atoms with Gasteiger partial charge >= 0.3 is 6.03 Å². The Morgan fingerprint density at radius 3 is 2.33 bits per heavy atom. The zero-order valence-electron chi connectivity index (χ0n) is 18.9. The maximum Gasteiger partial charge on any atom is 0.326 e. The van der Waals surface area contributed by atoms with Gasteiger partial charge in [-0.2, -0.15) is 0 Å². The SMILES string of the molecule is CCCC(=NOCc1ccc(NC(=O)NC(=O)c2c(F)cccc2F)cc1Cl)c1ccc(Cl)cc1Cl. The molecule has 3 aromatic rings. The number of urea groups is 1. The van der Waals surface area contributed by atoms with Crippen LogP contribution in [0.4, 0.5) is 19.3 Å². The van der Waals surface area contributed by atoms with Crippen molar-refractivity contribution in [3.63, 3.8) is 0 Å². The Bertz CT molecular complexity index is 1300. The van der Waals surface area contributed by atoms with Crippen LogP contribution in [0.15, 0.2) is 59.8 Å². The van der Waals surface area contributed by atoms with E-state index < -0.39 is 29.1 Å². The predicted molar refractivity (Wildman–Crippen MR) is 137 cm³/mol. The van der Waals surface area contributed by atoms with E-state index in [1.54, 1.807) is 24.3 Å². The monoisotopic (exact) mass is 553 g/mol. The largest absolute Gasteiger partial charge is 0.391 e. The second kappa shape index (κ2) is 12.7. The summed E-state index contributed by atoms with van der Waals surface area (Å²) in [6.45, 7) is 2.03. The molecule has 2 N–H and O–H groups in total. The molecule has 188 valence electrons. The highest BCUT2D eigenvalue weighted by atomic mass is 35.5. The molecule has 0 aliphatic rings. The van der Waals surface area contributed by atoms with E-state index in [1.165, 1.54) is 12.1 Å². The van der Waals surface area contributed by atoms with Crippen molar-refractivity contribution in [1.29, 1.82) is 0 Å². The van der Waals surface area contributed by atoms with E-state index in [1.807, 2.05) is 12.2 Å². The number of nitrogens with one attached hydrogen (secondary N) is 2. The van der Waals surface area contributed by atoms with Crippen LogP contribution in [0.5, 0.6) is 0 Å². The third-order valence-electron chi connectivity index (χ3n) is 4.85. The van der Waals surface area contributed by atoms with Crippen molar-refractivity contribution in [2.45, 2.75) is 26.4 Å². The smallest absolute Gasteiger partial charge is 0.326 e. The van der Waals surface area contributed by atoms with Gasteiger partial charge in [0.05, 0.1) is 10.7 Å². The van der Waals surface area contributed by atoms with Gasteiger partial charge in [-0.3, -0.25) is 10.1 Å². The molecule has 3 aromatic carbocycles. The van der Waals surface area contributed by atoms with Crippen LogP contribution in [0.1, 0.15) is 41.3 Å². The number of anilines is 1. The Hall–Kier alpha value is -3.20. The maximum absolute atomic E-state index is 13.7. The van der Waals surface area contributed by atoms with Crippen molar-refractivity contribution in [3.8, 4) is 0 Å². The number of hydrogen-bond acceptors (Lipinski definition) is 4. The molecule has 0 aliphatic carbocycles. The Kier molecular flexibility index (Phi) is 9.64. The fourth-order valence-electron chi connectivity index (χ4n) is 3.15. The number of imide groups is 1. The van der Waals surface area contributed by atoms with E-state index in [-0.39, 0.29) is 17.3 Å². The topological polar surface area (TPSA) is 79.8 Å². The standard InChI is InChI=1S/C25H20Cl3F2N3O3/c1-2-4-22(17-10-8-15(26)11-19(17)28)33-36-13-14-7-9-16(12-18(14)27)31-25(35)32-24(34)23-20(29)5-3-6-21(23)30/h3,5-12H,2,4,13H2,1H3,(H2,31,32,34,35). The van der Waals surface area contributed by atoms with Gasteiger partial charge in [-0.15, -0.1) is 0 Å². The maximum atomic E-state index is 13.7. The van der Waals surface area contributed by atoms with Crippen LogP contribution < -0.4 is 10.6 Å². The molecule has 3 amide bonds. The van der Waals surface area contributed by atoms with Crippen LogP contribution >= 0.6 is 34.8 Å². The lowest BCUT2D eigenvalue weighted by Crippen LogP contribution is -2.35. The number of benzene rings is 3. The zero-order valence-corrected chi connectivity index (χ0v) is 21.1. The third kappa shape index (κ3) is 7.16. The van der Waals surface area contributed by atoms with Gasteiger partial charge in [-0.25, -0.2) is 13.6 Å². The lowest BCUT2D eigenvalue weighted by molar-refractivity contribution is 0.0959. The van der Waals surface area contributed by atoms with Crippen molar-refractivity contribution >= 4 is 58.1 Å². The van der Waals surface area contributed by atoms with E-state index in [4.69, 9.17) is 39.6 Å². The van der Waals surface area contributed by atoms with Gasteiger partial charge in [0.2, 0.25) is 0 Å². The van der Waals surface area contributed by atoms with Crippen molar-refractivity contribution in [2.75, 3.05) is 5.32 Å². The number of hydrogen-bond donors (Lipinski definition) is 2. The highest BCUT2D eigenvalue weighted by molar-refractivity contribution is 6.37. The fraction of sp³-hybridized carbons (Fsp3) is 0.160. The van der Waals surface area contributed by atoms with Gasteiger partial charge in [-0.1, -0.05) is 71.5 Å². The highest BCUT2D eigenvalue weighted by Gasteiger charge is 2.19. The number of halogens is 5. The Balaban J connectivity index is 1.63. The van der Waals surface area contributed by atoms with Crippen molar-refractivity contribution < 1.29 is 23.2 Å². The molecule has 0 heterocycles. The summed E-state index contributed by atoms with van der Waals surface area (Å²) in [5.74, 6) is -3.40. The molecule has 0 aromatic heterocycles. The molecule has 0 unspecified atom stereocenters. The summed E-state index contributed by atoms with van der Waals surface area (Å²) in [7, 11) is 0. The van der Waals surface area contributed by atoms with Gasteiger partial charge in [0.1, 0.15) is 23.8 Å². The molecular weight excluding hydrogens is 535 g/mol. The summed E-state index contributed by atoms with van der Waals surface area (Å²) in [6, 6.07) is 11.6. The van der Waals surface area contributed by atoms with Gasteiger partial charge in [0, 0.05) is 26.9 Å². The van der Waals surface area contributed by atoms with E-state index in [0.717, 1.165) is 24.6 Å². The molecular formula is C25H20Cl3F2N3O3. The first-order chi connectivity index (χ1) is 17.2. The van der Waals surface area contributed by atoms with E-state index in [0.29, 0.717) is 33.3 Å². The van der Waals surface area contributed by atoms with Crippen LogP contribution in [0.25, 0.3) is 0 Å². The van der Waals surface area contributed by atoms with Gasteiger partial charge in [0.15, 0.2) is 0 Å². The van der Waals surface area contributed by atoms with E-state index >= 15 is 0 Å². The summed E-state index contributed by atoms with van der Waals surface area (Å²) in [4.78, 5) is 29.7. The lowest BCUT2D eigenvalue weighted by atomic mass is 10.1. The molecule has 0 spiro atoms. The van der Waals surface area contributed by atoms with Gasteiger partial charge < -0.3 is 10.2 Å². The average Bonchev–Trinajstić information content (AvgIpc) is 2.80. The predicted octanol–water partition coefficient (Wildman–Crippen LogP) is 7.61. The van der Waals surface area contributed by atoms with Gasteiger partial charge in [-0.05, 0) is 42.8 Å². The van der Waals surface area contributed by atoms with Crippen molar-refractivity contribution in [2.24, 2.45) is 5.16 Å². The summed E-state index contributed by atoms with van der Waals surface area (Å²) in [5.41, 5.74) is 1.33. The first kappa shape index (κ1) is 27.4. The molecule has 36 heavy (non-hydrogen) atoms. The molecule has 11 heteroatoms. The Morgan fingerprint density at radius 2 is 1.69 bits per heavy atom. The number of nitrogens with zero attached hydrogens (tertiary/aromatic N) is 1. The molecule has 0 bridgehead atoms. The van der Waals surface area contributed by atoms with Crippen molar-refractivity contribution in [3.05, 3.63) is 98.0 Å². The minimum Gasteiger partial charge on any atom is -0.391 e. The number of carbonyl (C=O) groups is 2. The van der Waals surface area contributed by atoms with Crippen LogP contribution in [0.2, 0.25) is 15.1 Å². The highest BCUT2D eigenvalue weighted by Crippen LogP contribution is 2.25. The number of oxime groups is 1. The van der Waals surface area contributed by atoms with Crippen LogP contribution in [0, 0.1) is 11.6 Å². The van der Waals surface area contributed by atoms with E-state index in [9.17, 15) is 18.4 Å². The minimum atomic E-state index is -1.22. The molecule has 0 saturated carbocycles. The first-order valence-electron chi connectivity index (χ1n) is 10.7. The summed E-state index contributed by atoms with van der Waals surface area (Å²) >= 11 is 18.5. The molecule has 0 saturated heterocycles. The first-order valence-corrected chi connectivity index (χ1v) is 11.8. The summed E-state index contributed by atoms with van der Waals surface area (Å²) < 4.78 is 27.4. The lowest BCUT2D eigenvalue weighted by Gasteiger charge is -2.11. The number of rotatable bonds is 8. The van der Waals surface area contributed by atoms with Gasteiger partial charge in [0.25, 0.3) is 5.91 Å². The summed E-state index contributed by atoms with van der Waals surface area (Å²) in [6.07, 6.45) is 1.44. The Labute approximate surface area is 221 Å². The molecule has 0 aliphatic heterocycles. The molecule has 0 atom stereocenters. The minimum absolute atomic E-state index is 0.0365. The zero-order chi connectivity index (χ0) is 26.2. The van der Waals surface area contributed by atoms with Crippen molar-refractivity contribution in [1.82, 2.24) is 5.32 Å². The molecule has 0 fully saturated rings. The molecule has 0 radical (unpaired) electrons. The molecule has 6 nitrogen and oxygen atoms in total. The van der Waals surface area contributed by atoms with Crippen LogP contribution in [-0.2, 0) is 11.4 Å². The quantitative estimate of drug-likeness (QED) is 0.222. The van der Waals surface area contributed by atoms with Crippen LogP contribution in [0.3, 0.4) is 0 Å². The second-order valence-electron chi connectivity index (χ2n) is 7.50. The van der Waals surface area contributed by atoms with Crippen LogP contribution in [-0.4, -0.2) is 17.6 Å². The average molecular weight is 555 g/mol. The number of amides is 3. The summed E-state index contributed by atoms with van der Waals surface area (Å²) in [5, 5.41) is 9.69. The normalized spacial score (nSPS) is 11.2. The Morgan fingerprint density at radius 1 is 0.972 bits per heavy atom. The third-order valence-corrected chi connectivity index (χ3v) is 5.75. The fourth-order valence-corrected chi connectivity index (χ4v) is 3.91. The molecule has 3 rings (SSSR count). The second-order valence-corrected chi connectivity index (χ2v) is 8.75. The van der Waals surface area contributed by atoms with E-state index in [2.05, 4.69) is 10.5 Å². The number of carbonyl (C=O) groups excluding carboxylic acids is 2.